The Morgan fingerprint density at radius 1 is 1.39 bits per heavy atom. The average molecular weight is 318 g/mol. The van der Waals surface area contributed by atoms with E-state index in [9.17, 15) is 9.59 Å². The zero-order chi connectivity index (χ0) is 16.7. The molecule has 124 valence electrons. The van der Waals surface area contributed by atoms with Crippen LogP contribution >= 0.6 is 0 Å². The molecule has 0 bridgehead atoms. The molecule has 1 aromatic carbocycles. The van der Waals surface area contributed by atoms with Gasteiger partial charge in [-0.05, 0) is 30.2 Å². The summed E-state index contributed by atoms with van der Waals surface area (Å²) in [6.07, 6.45) is 4.36. The second-order valence-corrected chi connectivity index (χ2v) is 5.34. The smallest absolute Gasteiger partial charge is 0.255 e. The summed E-state index contributed by atoms with van der Waals surface area (Å²) in [6, 6.07) is 7.09. The maximum Gasteiger partial charge on any atom is 0.255 e. The first kappa shape index (κ1) is 17.0. The molecule has 2 amide bonds. The minimum atomic E-state index is -0.518. The lowest BCUT2D eigenvalue weighted by Crippen LogP contribution is -2.44. The summed E-state index contributed by atoms with van der Waals surface area (Å²) in [5.74, 6) is 0.0301. The predicted octanol–water partition coefficient (Wildman–Crippen LogP) is 1.20. The topological polar surface area (TPSA) is 81.9 Å². The molecular formula is C17H22N2O4. The van der Waals surface area contributed by atoms with Gasteiger partial charge in [-0.25, -0.2) is 0 Å². The fraction of sp³-hybridized carbons (Fsp3) is 0.412. The lowest BCUT2D eigenvalue weighted by molar-refractivity contribution is -0.133. The van der Waals surface area contributed by atoms with Crippen LogP contribution in [0.5, 0.6) is 5.75 Å². The summed E-state index contributed by atoms with van der Waals surface area (Å²) in [6.45, 7) is 3.75. The molecule has 0 aliphatic carbocycles. The van der Waals surface area contributed by atoms with Crippen LogP contribution in [0.3, 0.4) is 0 Å². The molecule has 0 saturated carbocycles. The Morgan fingerprint density at radius 3 is 2.78 bits per heavy atom. The van der Waals surface area contributed by atoms with Gasteiger partial charge < -0.3 is 20.1 Å². The highest BCUT2D eigenvalue weighted by Gasteiger charge is 2.21. The lowest BCUT2D eigenvalue weighted by atomic mass is 10.2. The SMILES string of the molecule is CC[C@@H]1CN(C(=O)/C=C/c2ccc(OCC(N)=O)cc2)CCO1. The first-order valence-corrected chi connectivity index (χ1v) is 7.68. The van der Waals surface area contributed by atoms with Gasteiger partial charge in [-0.3, -0.25) is 9.59 Å². The summed E-state index contributed by atoms with van der Waals surface area (Å²) in [5.41, 5.74) is 5.90. The number of carbonyl (C=O) groups excluding carboxylic acids is 2. The number of ether oxygens (including phenoxy) is 2. The van der Waals surface area contributed by atoms with Crippen molar-refractivity contribution in [3.05, 3.63) is 35.9 Å². The van der Waals surface area contributed by atoms with Crippen LogP contribution in [-0.2, 0) is 14.3 Å². The van der Waals surface area contributed by atoms with Crippen LogP contribution in [0.1, 0.15) is 18.9 Å². The molecule has 1 aliphatic rings. The van der Waals surface area contributed by atoms with Crippen molar-refractivity contribution < 1.29 is 19.1 Å². The van der Waals surface area contributed by atoms with E-state index in [-0.39, 0.29) is 18.6 Å². The fourth-order valence-corrected chi connectivity index (χ4v) is 2.27. The molecule has 6 heteroatoms. The Morgan fingerprint density at radius 2 is 2.13 bits per heavy atom. The van der Waals surface area contributed by atoms with Gasteiger partial charge in [-0.15, -0.1) is 0 Å². The molecule has 1 atom stereocenters. The standard InChI is InChI=1S/C17H22N2O4/c1-2-14-11-19(9-10-22-14)17(21)8-5-13-3-6-15(7-4-13)23-12-16(18)20/h3-8,14H,2,9-12H2,1H3,(H2,18,20)/b8-5+/t14-/m1/s1. The monoisotopic (exact) mass is 318 g/mol. The first-order chi connectivity index (χ1) is 11.1. The molecule has 1 aromatic rings. The molecule has 1 saturated heterocycles. The van der Waals surface area contributed by atoms with Crippen molar-refractivity contribution in [2.75, 3.05) is 26.3 Å². The average Bonchev–Trinajstić information content (AvgIpc) is 2.58. The van der Waals surface area contributed by atoms with Gasteiger partial charge in [0.2, 0.25) is 5.91 Å². The highest BCUT2D eigenvalue weighted by atomic mass is 16.5. The van der Waals surface area contributed by atoms with Gasteiger partial charge >= 0.3 is 0 Å². The summed E-state index contributed by atoms with van der Waals surface area (Å²) in [7, 11) is 0. The molecule has 1 aliphatic heterocycles. The van der Waals surface area contributed by atoms with Crippen molar-refractivity contribution in [1.82, 2.24) is 4.90 Å². The number of benzene rings is 1. The largest absolute Gasteiger partial charge is 0.484 e. The quantitative estimate of drug-likeness (QED) is 0.799. The zero-order valence-electron chi connectivity index (χ0n) is 13.2. The van der Waals surface area contributed by atoms with Crippen LogP contribution in [0.15, 0.2) is 30.3 Å². The summed E-state index contributed by atoms with van der Waals surface area (Å²) >= 11 is 0. The van der Waals surface area contributed by atoms with Crippen molar-refractivity contribution in [3.8, 4) is 5.75 Å². The van der Waals surface area contributed by atoms with Crippen LogP contribution in [0.25, 0.3) is 6.08 Å². The van der Waals surface area contributed by atoms with E-state index in [0.717, 1.165) is 12.0 Å². The van der Waals surface area contributed by atoms with Crippen LogP contribution in [0, 0.1) is 0 Å². The molecule has 0 radical (unpaired) electrons. The number of nitrogens with zero attached hydrogens (tertiary/aromatic N) is 1. The van der Waals surface area contributed by atoms with E-state index in [0.29, 0.717) is 25.4 Å². The van der Waals surface area contributed by atoms with Gasteiger partial charge in [0.25, 0.3) is 5.91 Å². The van der Waals surface area contributed by atoms with E-state index in [1.165, 1.54) is 0 Å². The molecule has 0 spiro atoms. The zero-order valence-corrected chi connectivity index (χ0v) is 13.2. The van der Waals surface area contributed by atoms with Crippen LogP contribution < -0.4 is 10.5 Å². The van der Waals surface area contributed by atoms with Gasteiger partial charge in [0, 0.05) is 19.2 Å². The highest BCUT2D eigenvalue weighted by Crippen LogP contribution is 2.14. The number of primary amides is 1. The van der Waals surface area contributed by atoms with Gasteiger partial charge in [0.05, 0.1) is 12.7 Å². The van der Waals surface area contributed by atoms with E-state index in [1.54, 1.807) is 29.2 Å². The molecule has 23 heavy (non-hydrogen) atoms. The first-order valence-electron chi connectivity index (χ1n) is 7.68. The van der Waals surface area contributed by atoms with E-state index < -0.39 is 5.91 Å². The highest BCUT2D eigenvalue weighted by molar-refractivity contribution is 5.91. The van der Waals surface area contributed by atoms with Crippen LogP contribution in [0.2, 0.25) is 0 Å². The number of nitrogens with two attached hydrogens (primary N) is 1. The van der Waals surface area contributed by atoms with Crippen molar-refractivity contribution in [1.29, 1.82) is 0 Å². The van der Waals surface area contributed by atoms with E-state index in [2.05, 4.69) is 6.92 Å². The number of carbonyl (C=O) groups is 2. The van der Waals surface area contributed by atoms with Gasteiger partial charge in [0.15, 0.2) is 6.61 Å². The van der Waals surface area contributed by atoms with Gasteiger partial charge in [-0.1, -0.05) is 19.1 Å². The Kier molecular flexibility index (Phi) is 6.17. The molecule has 1 heterocycles. The van der Waals surface area contributed by atoms with E-state index in [4.69, 9.17) is 15.2 Å². The van der Waals surface area contributed by atoms with E-state index in [1.807, 2.05) is 12.1 Å². The Balaban J connectivity index is 1.89. The summed E-state index contributed by atoms with van der Waals surface area (Å²) < 4.78 is 10.7. The molecule has 1 fully saturated rings. The second-order valence-electron chi connectivity index (χ2n) is 5.34. The van der Waals surface area contributed by atoms with Gasteiger partial charge in [-0.2, -0.15) is 0 Å². The maximum absolute atomic E-state index is 12.2. The predicted molar refractivity (Wildman–Crippen MR) is 86.8 cm³/mol. The number of morpholine rings is 1. The number of rotatable bonds is 6. The normalized spacial score (nSPS) is 18.1. The third kappa shape index (κ3) is 5.41. The third-order valence-electron chi connectivity index (χ3n) is 3.59. The van der Waals surface area contributed by atoms with Crippen molar-refractivity contribution in [2.45, 2.75) is 19.4 Å². The molecule has 6 nitrogen and oxygen atoms in total. The minimum absolute atomic E-state index is 0.0131. The lowest BCUT2D eigenvalue weighted by Gasteiger charge is -2.31. The van der Waals surface area contributed by atoms with E-state index >= 15 is 0 Å². The van der Waals surface area contributed by atoms with Crippen molar-refractivity contribution in [3.63, 3.8) is 0 Å². The molecule has 0 unspecified atom stereocenters. The number of amides is 2. The maximum atomic E-state index is 12.2. The van der Waals surface area contributed by atoms with Crippen LogP contribution in [0.4, 0.5) is 0 Å². The number of hydrogen-bond acceptors (Lipinski definition) is 4. The Bertz CT molecular complexity index is 568. The Labute approximate surface area is 135 Å². The minimum Gasteiger partial charge on any atom is -0.484 e. The second kappa shape index (κ2) is 8.33. The summed E-state index contributed by atoms with van der Waals surface area (Å²) in [5, 5.41) is 0. The fourth-order valence-electron chi connectivity index (χ4n) is 2.27. The molecule has 2 N–H and O–H groups in total. The van der Waals surface area contributed by atoms with Crippen molar-refractivity contribution in [2.24, 2.45) is 5.73 Å². The summed E-state index contributed by atoms with van der Waals surface area (Å²) in [4.78, 5) is 24.6. The van der Waals surface area contributed by atoms with Crippen molar-refractivity contribution >= 4 is 17.9 Å². The van der Waals surface area contributed by atoms with Gasteiger partial charge in [0.1, 0.15) is 5.75 Å². The molecule has 2 rings (SSSR count). The third-order valence-corrected chi connectivity index (χ3v) is 3.59. The number of hydrogen-bond donors (Lipinski definition) is 1. The molecular weight excluding hydrogens is 296 g/mol. The molecule has 0 aromatic heterocycles. The van der Waals surface area contributed by atoms with Crippen LogP contribution in [-0.4, -0.2) is 49.1 Å². The Hall–Kier alpha value is -2.34.